The topological polar surface area (TPSA) is 90.6 Å². The van der Waals surface area contributed by atoms with Crippen LogP contribution in [-0.4, -0.2) is 44.8 Å². The minimum Gasteiger partial charge on any atom is -0.467 e. The lowest BCUT2D eigenvalue weighted by Gasteiger charge is -2.19. The van der Waals surface area contributed by atoms with Gasteiger partial charge in [-0.25, -0.2) is 4.79 Å². The predicted octanol–water partition coefficient (Wildman–Crippen LogP) is 0.251. The predicted molar refractivity (Wildman–Crippen MR) is 78.6 cm³/mol. The fraction of sp³-hybridized carbons (Fsp3) is 0.467. The van der Waals surface area contributed by atoms with Gasteiger partial charge in [-0.3, -0.25) is 4.79 Å². The first-order valence-electron chi connectivity index (χ1n) is 6.75. The van der Waals surface area contributed by atoms with E-state index >= 15 is 0 Å². The van der Waals surface area contributed by atoms with E-state index in [1.807, 2.05) is 30.3 Å². The summed E-state index contributed by atoms with van der Waals surface area (Å²) in [5, 5.41) is 2.63. The normalized spacial score (nSPS) is 13.3. The molecule has 0 radical (unpaired) electrons. The van der Waals surface area contributed by atoms with Crippen LogP contribution >= 0.6 is 0 Å². The van der Waals surface area contributed by atoms with Crippen LogP contribution in [0.1, 0.15) is 12.0 Å². The van der Waals surface area contributed by atoms with Gasteiger partial charge in [0.15, 0.2) is 0 Å². The van der Waals surface area contributed by atoms with Crippen molar-refractivity contribution in [3.05, 3.63) is 35.9 Å². The summed E-state index contributed by atoms with van der Waals surface area (Å²) >= 11 is 0. The summed E-state index contributed by atoms with van der Waals surface area (Å²) in [5.74, 6) is -0.885. The highest BCUT2D eigenvalue weighted by molar-refractivity contribution is 5.87. The van der Waals surface area contributed by atoms with Gasteiger partial charge in [0.05, 0.1) is 13.2 Å². The van der Waals surface area contributed by atoms with Crippen LogP contribution in [0.15, 0.2) is 30.3 Å². The number of nitrogens with two attached hydrogens (primary N) is 1. The summed E-state index contributed by atoms with van der Waals surface area (Å²) < 4.78 is 9.61. The van der Waals surface area contributed by atoms with E-state index < -0.39 is 24.0 Å². The molecule has 1 aromatic rings. The van der Waals surface area contributed by atoms with Gasteiger partial charge < -0.3 is 20.5 Å². The Balaban J connectivity index is 2.66. The van der Waals surface area contributed by atoms with Crippen LogP contribution in [0.4, 0.5) is 0 Å². The molecule has 0 saturated heterocycles. The van der Waals surface area contributed by atoms with E-state index in [1.54, 1.807) is 0 Å². The molecule has 0 aliphatic rings. The second-order valence-electron chi connectivity index (χ2n) is 4.66. The van der Waals surface area contributed by atoms with Gasteiger partial charge in [0, 0.05) is 20.1 Å². The Morgan fingerprint density at radius 2 is 1.90 bits per heavy atom. The van der Waals surface area contributed by atoms with Crippen LogP contribution in [0.25, 0.3) is 0 Å². The molecule has 1 amide bonds. The van der Waals surface area contributed by atoms with Crippen molar-refractivity contribution in [2.75, 3.05) is 20.8 Å². The second kappa shape index (κ2) is 9.10. The highest BCUT2D eigenvalue weighted by atomic mass is 16.5. The first-order chi connectivity index (χ1) is 10.1. The fourth-order valence-corrected chi connectivity index (χ4v) is 1.84. The van der Waals surface area contributed by atoms with Crippen LogP contribution in [0.3, 0.4) is 0 Å². The quantitative estimate of drug-likeness (QED) is 0.671. The average molecular weight is 294 g/mol. The Bertz CT molecular complexity index is 450. The molecule has 6 heteroatoms. The van der Waals surface area contributed by atoms with Gasteiger partial charge in [-0.15, -0.1) is 0 Å². The molecule has 6 nitrogen and oxygen atoms in total. The van der Waals surface area contributed by atoms with Crippen molar-refractivity contribution >= 4 is 11.9 Å². The molecule has 21 heavy (non-hydrogen) atoms. The first kappa shape index (κ1) is 17.1. The molecule has 0 bridgehead atoms. The second-order valence-corrected chi connectivity index (χ2v) is 4.66. The van der Waals surface area contributed by atoms with Crippen molar-refractivity contribution in [1.29, 1.82) is 0 Å². The molecule has 0 saturated carbocycles. The van der Waals surface area contributed by atoms with Gasteiger partial charge in [-0.1, -0.05) is 30.3 Å². The van der Waals surface area contributed by atoms with Crippen LogP contribution in [-0.2, 0) is 25.5 Å². The molecule has 1 rings (SSSR count). The molecule has 1 aromatic carbocycles. The van der Waals surface area contributed by atoms with E-state index in [-0.39, 0.29) is 0 Å². The number of ether oxygens (including phenoxy) is 2. The van der Waals surface area contributed by atoms with Crippen molar-refractivity contribution in [3.63, 3.8) is 0 Å². The van der Waals surface area contributed by atoms with Crippen LogP contribution in [0.2, 0.25) is 0 Å². The number of hydrogen-bond donors (Lipinski definition) is 2. The fourth-order valence-electron chi connectivity index (χ4n) is 1.84. The van der Waals surface area contributed by atoms with Gasteiger partial charge in [0.1, 0.15) is 6.04 Å². The zero-order valence-corrected chi connectivity index (χ0v) is 12.4. The number of esters is 1. The third kappa shape index (κ3) is 5.93. The zero-order valence-electron chi connectivity index (χ0n) is 12.4. The summed E-state index contributed by atoms with van der Waals surface area (Å²) in [7, 11) is 2.83. The largest absolute Gasteiger partial charge is 0.467 e. The van der Waals surface area contributed by atoms with Crippen molar-refractivity contribution < 1.29 is 19.1 Å². The smallest absolute Gasteiger partial charge is 0.328 e. The molecular formula is C15H22N2O4. The zero-order chi connectivity index (χ0) is 15.7. The number of carbonyl (C=O) groups is 2. The first-order valence-corrected chi connectivity index (χ1v) is 6.75. The summed E-state index contributed by atoms with van der Waals surface area (Å²) in [6.07, 6.45) is 0.748. The minimum atomic E-state index is -0.751. The highest BCUT2D eigenvalue weighted by Gasteiger charge is 2.24. The number of carbonyl (C=O) groups excluding carboxylic acids is 2. The molecule has 0 fully saturated rings. The lowest BCUT2D eigenvalue weighted by Crippen LogP contribution is -2.50. The average Bonchev–Trinajstić information content (AvgIpc) is 2.51. The Hall–Kier alpha value is -1.92. The molecule has 0 spiro atoms. The maximum Gasteiger partial charge on any atom is 0.328 e. The lowest BCUT2D eigenvalue weighted by atomic mass is 10.1. The third-order valence-electron chi connectivity index (χ3n) is 3.05. The number of rotatable bonds is 8. The van der Waals surface area contributed by atoms with Crippen LogP contribution in [0, 0.1) is 0 Å². The van der Waals surface area contributed by atoms with Gasteiger partial charge >= 0.3 is 5.97 Å². The Labute approximate surface area is 124 Å². The van der Waals surface area contributed by atoms with E-state index in [0.717, 1.165) is 5.56 Å². The van der Waals surface area contributed by atoms with Crippen molar-refractivity contribution in [2.45, 2.75) is 24.9 Å². The molecule has 116 valence electrons. The Kier molecular flexibility index (Phi) is 7.42. The Morgan fingerprint density at radius 1 is 1.24 bits per heavy atom. The number of methoxy groups -OCH3 is 2. The van der Waals surface area contributed by atoms with Gasteiger partial charge in [-0.05, 0) is 12.0 Å². The number of hydrogen-bond acceptors (Lipinski definition) is 5. The maximum absolute atomic E-state index is 12.0. The van der Waals surface area contributed by atoms with Crippen molar-refractivity contribution in [2.24, 2.45) is 5.73 Å². The highest BCUT2D eigenvalue weighted by Crippen LogP contribution is 2.05. The van der Waals surface area contributed by atoms with E-state index in [0.29, 0.717) is 19.4 Å². The van der Waals surface area contributed by atoms with Crippen molar-refractivity contribution in [1.82, 2.24) is 5.32 Å². The van der Waals surface area contributed by atoms with Gasteiger partial charge in [0.25, 0.3) is 0 Å². The number of benzene rings is 1. The standard InChI is InChI=1S/C15H22N2O4/c1-20-9-8-12(16)14(18)17-13(15(19)21-2)10-11-6-4-3-5-7-11/h3-7,12-13H,8-10,16H2,1-2H3,(H,17,18). The Morgan fingerprint density at radius 3 is 2.48 bits per heavy atom. The molecule has 0 aliphatic heterocycles. The molecule has 0 heterocycles. The minimum absolute atomic E-state index is 0.357. The van der Waals surface area contributed by atoms with E-state index in [9.17, 15) is 9.59 Å². The summed E-state index contributed by atoms with van der Waals surface area (Å²) in [5.41, 5.74) is 6.67. The summed E-state index contributed by atoms with van der Waals surface area (Å²) in [4.78, 5) is 23.8. The van der Waals surface area contributed by atoms with E-state index in [1.165, 1.54) is 14.2 Å². The summed E-state index contributed by atoms with van der Waals surface area (Å²) in [6, 6.07) is 7.92. The monoisotopic (exact) mass is 294 g/mol. The third-order valence-corrected chi connectivity index (χ3v) is 3.05. The van der Waals surface area contributed by atoms with Crippen LogP contribution in [0.5, 0.6) is 0 Å². The number of nitrogens with one attached hydrogen (secondary N) is 1. The van der Waals surface area contributed by atoms with E-state index in [4.69, 9.17) is 15.2 Å². The maximum atomic E-state index is 12.0. The molecule has 0 aromatic heterocycles. The lowest BCUT2D eigenvalue weighted by molar-refractivity contribution is -0.145. The van der Waals surface area contributed by atoms with E-state index in [2.05, 4.69) is 5.32 Å². The SMILES string of the molecule is COCCC(N)C(=O)NC(Cc1ccccc1)C(=O)OC. The number of amides is 1. The molecule has 2 unspecified atom stereocenters. The van der Waals surface area contributed by atoms with Crippen LogP contribution < -0.4 is 11.1 Å². The van der Waals surface area contributed by atoms with Gasteiger partial charge in [0.2, 0.25) is 5.91 Å². The molecular weight excluding hydrogens is 272 g/mol. The van der Waals surface area contributed by atoms with Gasteiger partial charge in [-0.2, -0.15) is 0 Å². The molecule has 3 N–H and O–H groups in total. The molecule has 0 aliphatic carbocycles. The summed E-state index contributed by atoms with van der Waals surface area (Å²) in [6.45, 7) is 0.385. The van der Waals surface area contributed by atoms with Crippen molar-refractivity contribution in [3.8, 4) is 0 Å². The molecule has 2 atom stereocenters.